The van der Waals surface area contributed by atoms with Crippen LogP contribution in [0.15, 0.2) is 34.1 Å². The Morgan fingerprint density at radius 3 is 2.83 bits per heavy atom. The average Bonchev–Trinajstić information content (AvgIpc) is 2.75. The third-order valence-electron chi connectivity index (χ3n) is 2.50. The maximum Gasteiger partial charge on any atom is 0.141 e. The van der Waals surface area contributed by atoms with Crippen LogP contribution in [0.5, 0.6) is 5.75 Å². The molecule has 2 N–H and O–H groups in total. The molecule has 0 spiro atoms. The highest BCUT2D eigenvalue weighted by Gasteiger charge is 2.09. The zero-order valence-electron chi connectivity index (χ0n) is 9.66. The van der Waals surface area contributed by atoms with Crippen molar-refractivity contribution in [2.45, 2.75) is 13.0 Å². The summed E-state index contributed by atoms with van der Waals surface area (Å²) in [6, 6.07) is 7.76. The molecule has 0 unspecified atom stereocenters. The van der Waals surface area contributed by atoms with E-state index in [0.717, 1.165) is 27.1 Å². The van der Waals surface area contributed by atoms with E-state index in [1.165, 1.54) is 0 Å². The van der Waals surface area contributed by atoms with E-state index in [9.17, 15) is 0 Å². The maximum atomic E-state index is 6.17. The molecule has 1 aromatic heterocycles. The third kappa shape index (κ3) is 3.26. The normalized spacial score (nSPS) is 10.6. The van der Waals surface area contributed by atoms with E-state index in [2.05, 4.69) is 15.9 Å². The Labute approximate surface area is 124 Å². The van der Waals surface area contributed by atoms with Crippen molar-refractivity contribution in [1.29, 1.82) is 0 Å². The second-order valence-corrected chi connectivity index (χ2v) is 6.01. The highest BCUT2D eigenvalue weighted by atomic mass is 79.9. The molecule has 0 saturated heterocycles. The minimum absolute atomic E-state index is 0.513. The SMILES string of the molecule is NCCc1cccc(Cl)c1OCc1sccc1Br. The Morgan fingerprint density at radius 2 is 2.17 bits per heavy atom. The summed E-state index contributed by atoms with van der Waals surface area (Å²) >= 11 is 11.3. The molecule has 0 aliphatic heterocycles. The molecule has 0 amide bonds. The van der Waals surface area contributed by atoms with E-state index >= 15 is 0 Å². The lowest BCUT2D eigenvalue weighted by atomic mass is 10.1. The molecule has 0 fully saturated rings. The Morgan fingerprint density at radius 1 is 1.33 bits per heavy atom. The quantitative estimate of drug-likeness (QED) is 0.878. The van der Waals surface area contributed by atoms with E-state index in [1.807, 2.05) is 29.6 Å². The van der Waals surface area contributed by atoms with Gasteiger partial charge in [-0.1, -0.05) is 23.7 Å². The first-order valence-electron chi connectivity index (χ1n) is 5.54. The standard InChI is InChI=1S/C13H13BrClNOS/c14-10-5-7-18-12(10)8-17-13-9(4-6-16)2-1-3-11(13)15/h1-3,5,7H,4,6,8,16H2. The minimum Gasteiger partial charge on any atom is -0.486 e. The maximum absolute atomic E-state index is 6.17. The van der Waals surface area contributed by atoms with Gasteiger partial charge < -0.3 is 10.5 Å². The van der Waals surface area contributed by atoms with Gasteiger partial charge in [0.05, 0.1) is 9.90 Å². The van der Waals surface area contributed by atoms with Crippen molar-refractivity contribution in [3.63, 3.8) is 0 Å². The van der Waals surface area contributed by atoms with Crippen molar-refractivity contribution in [3.05, 3.63) is 49.6 Å². The lowest BCUT2D eigenvalue weighted by molar-refractivity contribution is 0.306. The average molecular weight is 347 g/mol. The summed E-state index contributed by atoms with van der Waals surface area (Å²) in [5.41, 5.74) is 6.64. The van der Waals surface area contributed by atoms with Gasteiger partial charge in [-0.3, -0.25) is 0 Å². The molecule has 0 radical (unpaired) electrons. The number of halogens is 2. The van der Waals surface area contributed by atoms with E-state index in [1.54, 1.807) is 11.3 Å². The van der Waals surface area contributed by atoms with Crippen LogP contribution >= 0.6 is 38.9 Å². The number of nitrogens with two attached hydrogens (primary N) is 1. The lowest BCUT2D eigenvalue weighted by Gasteiger charge is -2.12. The molecular formula is C13H13BrClNOS. The van der Waals surface area contributed by atoms with Crippen LogP contribution in [0.25, 0.3) is 0 Å². The fourth-order valence-corrected chi connectivity index (χ4v) is 3.26. The number of hydrogen-bond donors (Lipinski definition) is 1. The molecule has 1 aromatic carbocycles. The summed E-state index contributed by atoms with van der Waals surface area (Å²) in [4.78, 5) is 1.15. The van der Waals surface area contributed by atoms with Crippen molar-refractivity contribution in [1.82, 2.24) is 0 Å². The molecule has 0 aliphatic rings. The molecule has 0 aliphatic carbocycles. The zero-order valence-corrected chi connectivity index (χ0v) is 12.8. The first kappa shape index (κ1) is 13.9. The summed E-state index contributed by atoms with van der Waals surface area (Å²) in [6.45, 7) is 1.10. The predicted molar refractivity (Wildman–Crippen MR) is 80.6 cm³/mol. The predicted octanol–water partition coefficient (Wildman–Crippen LogP) is 4.24. The van der Waals surface area contributed by atoms with Gasteiger partial charge in [-0.05, 0) is 52.0 Å². The molecule has 5 heteroatoms. The van der Waals surface area contributed by atoms with Gasteiger partial charge in [-0.25, -0.2) is 0 Å². The summed E-state index contributed by atoms with van der Waals surface area (Å²) in [7, 11) is 0. The Balaban J connectivity index is 2.15. The van der Waals surface area contributed by atoms with Gasteiger partial charge in [0.25, 0.3) is 0 Å². The second kappa shape index (κ2) is 6.57. The molecule has 96 valence electrons. The van der Waals surface area contributed by atoms with Crippen LogP contribution in [0, 0.1) is 0 Å². The molecule has 2 rings (SSSR count). The first-order chi connectivity index (χ1) is 8.72. The molecule has 18 heavy (non-hydrogen) atoms. The van der Waals surface area contributed by atoms with Crippen LogP contribution in [0.3, 0.4) is 0 Å². The van der Waals surface area contributed by atoms with Gasteiger partial charge in [-0.15, -0.1) is 11.3 Å². The van der Waals surface area contributed by atoms with Crippen LogP contribution in [-0.4, -0.2) is 6.54 Å². The van der Waals surface area contributed by atoms with Gasteiger partial charge in [0, 0.05) is 4.47 Å². The molecule has 0 atom stereocenters. The topological polar surface area (TPSA) is 35.2 Å². The molecule has 1 heterocycles. The highest BCUT2D eigenvalue weighted by molar-refractivity contribution is 9.10. The summed E-state index contributed by atoms with van der Waals surface area (Å²) in [6.07, 6.45) is 0.765. The van der Waals surface area contributed by atoms with Gasteiger partial charge in [-0.2, -0.15) is 0 Å². The van der Waals surface area contributed by atoms with Crippen LogP contribution < -0.4 is 10.5 Å². The van der Waals surface area contributed by atoms with Crippen LogP contribution in [0.1, 0.15) is 10.4 Å². The van der Waals surface area contributed by atoms with Crippen LogP contribution in [0.4, 0.5) is 0 Å². The van der Waals surface area contributed by atoms with E-state index < -0.39 is 0 Å². The number of thiophene rings is 1. The summed E-state index contributed by atoms with van der Waals surface area (Å²) in [5, 5.41) is 2.66. The van der Waals surface area contributed by atoms with Crippen molar-refractivity contribution in [2.24, 2.45) is 5.73 Å². The van der Waals surface area contributed by atoms with E-state index in [-0.39, 0.29) is 0 Å². The Kier molecular flexibility index (Phi) is 5.06. The molecule has 0 bridgehead atoms. The first-order valence-corrected chi connectivity index (χ1v) is 7.59. The molecule has 2 aromatic rings. The van der Waals surface area contributed by atoms with E-state index in [4.69, 9.17) is 22.1 Å². The lowest BCUT2D eigenvalue weighted by Crippen LogP contribution is -2.05. The Hall–Kier alpha value is -0.550. The Bertz CT molecular complexity index is 529. The fraction of sp³-hybridized carbons (Fsp3) is 0.231. The molecular weight excluding hydrogens is 334 g/mol. The summed E-state index contributed by atoms with van der Waals surface area (Å²) in [5.74, 6) is 0.741. The monoisotopic (exact) mass is 345 g/mol. The van der Waals surface area contributed by atoms with Crippen molar-refractivity contribution in [3.8, 4) is 5.75 Å². The summed E-state index contributed by atoms with van der Waals surface area (Å²) < 4.78 is 6.91. The number of para-hydroxylation sites is 1. The third-order valence-corrected chi connectivity index (χ3v) is 4.70. The number of rotatable bonds is 5. The zero-order chi connectivity index (χ0) is 13.0. The van der Waals surface area contributed by atoms with Crippen molar-refractivity contribution >= 4 is 38.9 Å². The number of ether oxygens (including phenoxy) is 1. The molecule has 2 nitrogen and oxygen atoms in total. The number of hydrogen-bond acceptors (Lipinski definition) is 3. The largest absolute Gasteiger partial charge is 0.486 e. The van der Waals surface area contributed by atoms with Gasteiger partial charge in [0.15, 0.2) is 0 Å². The van der Waals surface area contributed by atoms with Crippen LogP contribution in [0.2, 0.25) is 5.02 Å². The second-order valence-electron chi connectivity index (χ2n) is 3.75. The van der Waals surface area contributed by atoms with Gasteiger partial charge in [0.1, 0.15) is 12.4 Å². The van der Waals surface area contributed by atoms with Gasteiger partial charge in [0.2, 0.25) is 0 Å². The van der Waals surface area contributed by atoms with Crippen molar-refractivity contribution < 1.29 is 4.74 Å². The van der Waals surface area contributed by atoms with Gasteiger partial charge >= 0.3 is 0 Å². The van der Waals surface area contributed by atoms with Crippen LogP contribution in [-0.2, 0) is 13.0 Å². The van der Waals surface area contributed by atoms with E-state index in [0.29, 0.717) is 18.2 Å². The molecule has 0 saturated carbocycles. The smallest absolute Gasteiger partial charge is 0.141 e. The minimum atomic E-state index is 0.513. The fourth-order valence-electron chi connectivity index (χ4n) is 1.63. The van der Waals surface area contributed by atoms with Crippen molar-refractivity contribution in [2.75, 3.05) is 6.54 Å². The highest BCUT2D eigenvalue weighted by Crippen LogP contribution is 2.31. The number of benzene rings is 1.